The van der Waals surface area contributed by atoms with Crippen LogP contribution in [0.5, 0.6) is 0 Å². The van der Waals surface area contributed by atoms with Crippen molar-refractivity contribution in [3.05, 3.63) is 35.4 Å². The Bertz CT molecular complexity index is 500. The van der Waals surface area contributed by atoms with Crippen LogP contribution in [0.25, 0.3) is 0 Å². The average Bonchev–Trinajstić information content (AvgIpc) is 2.38. The summed E-state index contributed by atoms with van der Waals surface area (Å²) in [6.45, 7) is 4.72. The molecule has 2 N–H and O–H groups in total. The highest BCUT2D eigenvalue weighted by molar-refractivity contribution is 7.90. The summed E-state index contributed by atoms with van der Waals surface area (Å²) in [4.78, 5) is 0. The van der Waals surface area contributed by atoms with Crippen LogP contribution in [0.4, 0.5) is 0 Å². The molecular weight excluding hydrogens is 274 g/mol. The maximum Gasteiger partial charge on any atom is 0.155 e. The van der Waals surface area contributed by atoms with Crippen LogP contribution in [0.15, 0.2) is 24.3 Å². The first-order valence-corrected chi connectivity index (χ1v) is 8.90. The number of aliphatic hydroxyl groups excluding tert-OH is 1. The molecule has 0 aromatic heterocycles. The number of nitrogens with one attached hydrogen (secondary N) is 1. The molecule has 0 saturated heterocycles. The van der Waals surface area contributed by atoms with Crippen molar-refractivity contribution in [2.75, 3.05) is 18.9 Å². The molecule has 0 amide bonds. The van der Waals surface area contributed by atoms with E-state index in [2.05, 4.69) is 5.32 Å². The monoisotopic (exact) mass is 299 g/mol. The molecule has 0 radical (unpaired) electrons. The fraction of sp³-hybridized carbons (Fsp3) is 0.600. The maximum atomic E-state index is 12.3. The Kier molecular flexibility index (Phi) is 7.19. The van der Waals surface area contributed by atoms with Crippen LogP contribution >= 0.6 is 0 Å². The van der Waals surface area contributed by atoms with E-state index in [1.54, 1.807) is 0 Å². The van der Waals surface area contributed by atoms with Crippen molar-refractivity contribution in [2.45, 2.75) is 38.5 Å². The number of hydrogen-bond acceptors (Lipinski definition) is 4. The fourth-order valence-electron chi connectivity index (χ4n) is 2.12. The van der Waals surface area contributed by atoms with Crippen LogP contribution in [0, 0.1) is 6.92 Å². The first-order chi connectivity index (χ1) is 9.48. The quantitative estimate of drug-likeness (QED) is 0.728. The van der Waals surface area contributed by atoms with Gasteiger partial charge in [-0.3, -0.25) is 0 Å². The Morgan fingerprint density at radius 3 is 2.60 bits per heavy atom. The Hall–Kier alpha value is -0.910. The van der Waals surface area contributed by atoms with Crippen molar-refractivity contribution in [2.24, 2.45) is 0 Å². The lowest BCUT2D eigenvalue weighted by Gasteiger charge is -2.18. The minimum absolute atomic E-state index is 0.00126. The van der Waals surface area contributed by atoms with Crippen molar-refractivity contribution in [3.8, 4) is 0 Å². The van der Waals surface area contributed by atoms with Crippen molar-refractivity contribution >= 4 is 9.84 Å². The van der Waals surface area contributed by atoms with Crippen molar-refractivity contribution in [1.82, 2.24) is 5.32 Å². The third kappa shape index (κ3) is 6.03. The van der Waals surface area contributed by atoms with Crippen LogP contribution < -0.4 is 5.32 Å². The molecule has 1 aromatic carbocycles. The summed E-state index contributed by atoms with van der Waals surface area (Å²) in [7, 11) is -3.18. The number of aliphatic hydroxyl groups is 1. The summed E-state index contributed by atoms with van der Waals surface area (Å²) in [5.74, 6) is 0.136. The number of hydrogen-bond donors (Lipinski definition) is 2. The summed E-state index contributed by atoms with van der Waals surface area (Å²) in [6, 6.07) is 7.37. The smallest absolute Gasteiger partial charge is 0.155 e. The van der Waals surface area contributed by atoms with Crippen LogP contribution in [0.3, 0.4) is 0 Å². The Morgan fingerprint density at radius 1 is 1.30 bits per heavy atom. The van der Waals surface area contributed by atoms with E-state index in [0.29, 0.717) is 6.42 Å². The van der Waals surface area contributed by atoms with E-state index < -0.39 is 9.84 Å². The largest absolute Gasteiger partial charge is 0.396 e. The standard InChI is InChI=1S/C15H25NO3S/c1-3-9-16-15(8-10-17)12-20(18,19)11-14-7-5-4-6-13(14)2/h4-7,15-17H,3,8-12H2,1-2H3. The minimum Gasteiger partial charge on any atom is -0.396 e. The summed E-state index contributed by atoms with van der Waals surface area (Å²) in [5.41, 5.74) is 1.85. The summed E-state index contributed by atoms with van der Waals surface area (Å²) in [5, 5.41) is 12.2. The molecule has 0 bridgehead atoms. The third-order valence-electron chi connectivity index (χ3n) is 3.25. The third-order valence-corrected chi connectivity index (χ3v) is 4.91. The second-order valence-electron chi connectivity index (χ2n) is 5.14. The zero-order valence-corrected chi connectivity index (χ0v) is 13.1. The molecule has 1 unspecified atom stereocenters. The number of sulfone groups is 1. The zero-order valence-electron chi connectivity index (χ0n) is 12.3. The SMILES string of the molecule is CCCNC(CCO)CS(=O)(=O)Cc1ccccc1C. The molecule has 0 spiro atoms. The van der Waals surface area contributed by atoms with E-state index in [9.17, 15) is 8.42 Å². The number of rotatable bonds is 9. The van der Waals surface area contributed by atoms with Crippen molar-refractivity contribution in [3.63, 3.8) is 0 Å². The van der Waals surface area contributed by atoms with Crippen molar-refractivity contribution in [1.29, 1.82) is 0 Å². The van der Waals surface area contributed by atoms with Gasteiger partial charge in [0.2, 0.25) is 0 Å². The van der Waals surface area contributed by atoms with Crippen LogP contribution in [-0.4, -0.2) is 38.5 Å². The topological polar surface area (TPSA) is 66.4 Å². The van der Waals surface area contributed by atoms with Gasteiger partial charge in [0.05, 0.1) is 11.5 Å². The second kappa shape index (κ2) is 8.39. The lowest BCUT2D eigenvalue weighted by molar-refractivity contribution is 0.269. The molecule has 0 saturated carbocycles. The van der Waals surface area contributed by atoms with Gasteiger partial charge in [-0.1, -0.05) is 31.2 Å². The first-order valence-electron chi connectivity index (χ1n) is 7.07. The van der Waals surface area contributed by atoms with Gasteiger partial charge in [-0.15, -0.1) is 0 Å². The molecule has 1 rings (SSSR count). The van der Waals surface area contributed by atoms with Gasteiger partial charge in [0.25, 0.3) is 0 Å². The van der Waals surface area contributed by atoms with Gasteiger partial charge in [-0.05, 0) is 37.4 Å². The van der Waals surface area contributed by atoms with Crippen LogP contribution in [0.1, 0.15) is 30.9 Å². The van der Waals surface area contributed by atoms with Crippen LogP contribution in [0.2, 0.25) is 0 Å². The van der Waals surface area contributed by atoms with E-state index in [4.69, 9.17) is 5.11 Å². The molecule has 1 aromatic rings. The Morgan fingerprint density at radius 2 is 2.00 bits per heavy atom. The molecular formula is C15H25NO3S. The van der Waals surface area contributed by atoms with E-state index >= 15 is 0 Å². The van der Waals surface area contributed by atoms with E-state index in [-0.39, 0.29) is 24.2 Å². The highest BCUT2D eigenvalue weighted by atomic mass is 32.2. The number of benzene rings is 1. The summed E-state index contributed by atoms with van der Waals surface area (Å²) < 4.78 is 24.6. The van der Waals surface area contributed by atoms with Gasteiger partial charge in [0, 0.05) is 12.6 Å². The summed E-state index contributed by atoms with van der Waals surface area (Å²) >= 11 is 0. The lowest BCUT2D eigenvalue weighted by atomic mass is 10.1. The van der Waals surface area contributed by atoms with E-state index in [1.165, 1.54) is 0 Å². The molecule has 0 aliphatic heterocycles. The van der Waals surface area contributed by atoms with Crippen molar-refractivity contribution < 1.29 is 13.5 Å². The van der Waals surface area contributed by atoms with Gasteiger partial charge >= 0.3 is 0 Å². The van der Waals surface area contributed by atoms with Crippen LogP contribution in [-0.2, 0) is 15.6 Å². The fourth-order valence-corrected chi connectivity index (χ4v) is 3.94. The first kappa shape index (κ1) is 17.1. The molecule has 0 aliphatic rings. The molecule has 1 atom stereocenters. The van der Waals surface area contributed by atoms with Gasteiger partial charge in [-0.2, -0.15) is 0 Å². The van der Waals surface area contributed by atoms with Gasteiger partial charge < -0.3 is 10.4 Å². The normalized spacial score (nSPS) is 13.3. The maximum absolute atomic E-state index is 12.3. The predicted octanol–water partition coefficient (Wildman–Crippen LogP) is 1.66. The van der Waals surface area contributed by atoms with E-state index in [1.807, 2.05) is 38.1 Å². The predicted molar refractivity (Wildman–Crippen MR) is 82.5 cm³/mol. The lowest BCUT2D eigenvalue weighted by Crippen LogP contribution is -2.37. The molecule has 0 heterocycles. The second-order valence-corrected chi connectivity index (χ2v) is 7.25. The molecule has 5 heteroatoms. The number of aryl methyl sites for hydroxylation is 1. The molecule has 0 fully saturated rings. The summed E-state index contributed by atoms with van der Waals surface area (Å²) in [6.07, 6.45) is 1.41. The zero-order chi connectivity index (χ0) is 15.0. The van der Waals surface area contributed by atoms with Gasteiger partial charge in [0.1, 0.15) is 0 Å². The van der Waals surface area contributed by atoms with E-state index in [0.717, 1.165) is 24.1 Å². The molecule has 0 aliphatic carbocycles. The highest BCUT2D eigenvalue weighted by Gasteiger charge is 2.19. The van der Waals surface area contributed by atoms with Gasteiger partial charge in [-0.25, -0.2) is 8.42 Å². The molecule has 114 valence electrons. The average molecular weight is 299 g/mol. The molecule has 4 nitrogen and oxygen atoms in total. The minimum atomic E-state index is -3.18. The molecule has 20 heavy (non-hydrogen) atoms. The Labute approximate surface area is 122 Å². The Balaban J connectivity index is 2.69. The highest BCUT2D eigenvalue weighted by Crippen LogP contribution is 2.13. The van der Waals surface area contributed by atoms with Gasteiger partial charge in [0.15, 0.2) is 9.84 Å².